The lowest BCUT2D eigenvalue weighted by molar-refractivity contribution is -0.153. The highest BCUT2D eigenvalue weighted by atomic mass is 79.9. The van der Waals surface area contributed by atoms with Gasteiger partial charge in [0.2, 0.25) is 0 Å². The molecule has 1 fully saturated rings. The summed E-state index contributed by atoms with van der Waals surface area (Å²) in [6, 6.07) is 5.72. The van der Waals surface area contributed by atoms with Crippen LogP contribution in [0.15, 0.2) is 22.7 Å². The first-order valence-corrected chi connectivity index (χ1v) is 7.13. The molecule has 1 heterocycles. The van der Waals surface area contributed by atoms with Gasteiger partial charge < -0.3 is 5.11 Å². The van der Waals surface area contributed by atoms with Gasteiger partial charge in [0.05, 0.1) is 0 Å². The van der Waals surface area contributed by atoms with Crippen molar-refractivity contribution in [3.05, 3.63) is 28.2 Å². The first-order valence-electron chi connectivity index (χ1n) is 6.34. The maximum atomic E-state index is 11.6. The fourth-order valence-corrected chi connectivity index (χ4v) is 2.89. The van der Waals surface area contributed by atoms with Crippen molar-refractivity contribution in [1.29, 1.82) is 0 Å². The number of hydrogen-bond acceptors (Lipinski definition) is 4. The number of carboxylic acids is 1. The molecule has 1 aromatic heterocycles. The molecule has 1 aliphatic rings. The molecule has 6 nitrogen and oxygen atoms in total. The molecule has 3 rings (SSSR count). The molecule has 1 aliphatic carbocycles. The minimum atomic E-state index is -0.992. The Kier molecular flexibility index (Phi) is 3.08. The fraction of sp³-hybridized carbons (Fsp3) is 0.385. The van der Waals surface area contributed by atoms with Crippen molar-refractivity contribution in [2.24, 2.45) is 0 Å². The molecule has 0 aliphatic heterocycles. The molecule has 20 heavy (non-hydrogen) atoms. The Balaban J connectivity index is 2.16. The minimum absolute atomic E-state index is 0.505. The van der Waals surface area contributed by atoms with E-state index in [1.54, 1.807) is 0 Å². The third-order valence-corrected chi connectivity index (χ3v) is 4.82. The Morgan fingerprint density at radius 1 is 1.45 bits per heavy atom. The second-order valence-electron chi connectivity index (χ2n) is 5.02. The van der Waals surface area contributed by atoms with Gasteiger partial charge in [-0.25, -0.2) is 9.48 Å². The van der Waals surface area contributed by atoms with E-state index in [1.807, 2.05) is 25.1 Å². The van der Waals surface area contributed by atoms with Crippen molar-refractivity contribution in [1.82, 2.24) is 20.2 Å². The average Bonchev–Trinajstić information content (AvgIpc) is 2.80. The molecule has 0 unspecified atom stereocenters. The zero-order valence-corrected chi connectivity index (χ0v) is 12.5. The maximum Gasteiger partial charge on any atom is 0.331 e. The van der Waals surface area contributed by atoms with Gasteiger partial charge in [-0.15, -0.1) is 5.10 Å². The molecule has 2 aromatic rings. The highest BCUT2D eigenvalue weighted by Gasteiger charge is 2.49. The number of benzene rings is 1. The summed E-state index contributed by atoms with van der Waals surface area (Å²) in [7, 11) is 0. The van der Waals surface area contributed by atoms with Crippen molar-refractivity contribution >= 4 is 21.9 Å². The number of carbonyl (C=O) groups is 1. The van der Waals surface area contributed by atoms with Gasteiger partial charge in [-0.3, -0.25) is 0 Å². The summed E-state index contributed by atoms with van der Waals surface area (Å²) in [6.45, 7) is 1.95. The van der Waals surface area contributed by atoms with Gasteiger partial charge in [-0.2, -0.15) is 0 Å². The predicted octanol–water partition coefficient (Wildman–Crippen LogP) is 2.37. The van der Waals surface area contributed by atoms with Crippen molar-refractivity contribution in [3.8, 4) is 11.4 Å². The van der Waals surface area contributed by atoms with Crippen molar-refractivity contribution in [2.75, 3.05) is 0 Å². The highest BCUT2D eigenvalue weighted by Crippen LogP contribution is 2.41. The van der Waals surface area contributed by atoms with E-state index in [2.05, 4.69) is 31.5 Å². The number of carboxylic acid groups (broad SMARTS) is 1. The van der Waals surface area contributed by atoms with Crippen molar-refractivity contribution < 1.29 is 9.90 Å². The van der Waals surface area contributed by atoms with E-state index in [-0.39, 0.29) is 0 Å². The summed E-state index contributed by atoms with van der Waals surface area (Å²) in [5.41, 5.74) is 0.841. The van der Waals surface area contributed by atoms with Crippen LogP contribution in [0.1, 0.15) is 24.8 Å². The zero-order chi connectivity index (χ0) is 14.3. The molecule has 0 spiro atoms. The van der Waals surface area contributed by atoms with E-state index in [9.17, 15) is 9.90 Å². The first-order chi connectivity index (χ1) is 9.56. The summed E-state index contributed by atoms with van der Waals surface area (Å²) < 4.78 is 2.41. The largest absolute Gasteiger partial charge is 0.479 e. The van der Waals surface area contributed by atoms with Gasteiger partial charge >= 0.3 is 5.97 Å². The molecule has 1 saturated carbocycles. The average molecular weight is 337 g/mol. The summed E-state index contributed by atoms with van der Waals surface area (Å²) >= 11 is 3.47. The van der Waals surface area contributed by atoms with Crippen LogP contribution in [0, 0.1) is 6.92 Å². The number of hydrogen-bond donors (Lipinski definition) is 1. The van der Waals surface area contributed by atoms with Crippen molar-refractivity contribution in [3.63, 3.8) is 0 Å². The molecule has 0 atom stereocenters. The zero-order valence-electron chi connectivity index (χ0n) is 10.9. The Labute approximate surface area is 123 Å². The molecule has 0 radical (unpaired) electrons. The SMILES string of the molecule is Cc1c(Br)cccc1-c1nnnn1C1(C(=O)O)CCC1. The standard InChI is InChI=1S/C13H13BrN4O2/c1-8-9(4-2-5-10(8)14)11-15-16-17-18(11)13(12(19)20)6-3-7-13/h2,4-5H,3,6-7H2,1H3,(H,19,20). The third-order valence-electron chi connectivity index (χ3n) is 3.96. The Hall–Kier alpha value is -1.76. The normalized spacial score (nSPS) is 16.7. The molecule has 7 heteroatoms. The van der Waals surface area contributed by atoms with Crippen LogP contribution in [0.3, 0.4) is 0 Å². The first kappa shape index (κ1) is 13.2. The monoisotopic (exact) mass is 336 g/mol. The second-order valence-corrected chi connectivity index (χ2v) is 5.87. The maximum absolute atomic E-state index is 11.6. The van der Waals surface area contributed by atoms with Crippen molar-refractivity contribution in [2.45, 2.75) is 31.7 Å². The molecule has 0 bridgehead atoms. The number of tetrazole rings is 1. The lowest BCUT2D eigenvalue weighted by Gasteiger charge is -2.37. The van der Waals surface area contributed by atoms with Gasteiger partial charge in [0.25, 0.3) is 0 Å². The number of halogens is 1. The van der Waals surface area contributed by atoms with Crippen LogP contribution in [0.4, 0.5) is 0 Å². The fourth-order valence-electron chi connectivity index (χ4n) is 2.52. The van der Waals surface area contributed by atoms with Crippen LogP contribution >= 0.6 is 15.9 Å². The predicted molar refractivity (Wildman–Crippen MR) is 75.2 cm³/mol. The van der Waals surface area contributed by atoms with E-state index in [0.29, 0.717) is 18.7 Å². The molecule has 1 aromatic carbocycles. The van der Waals surface area contributed by atoms with Gasteiger partial charge in [0, 0.05) is 10.0 Å². The smallest absolute Gasteiger partial charge is 0.331 e. The van der Waals surface area contributed by atoms with E-state index < -0.39 is 11.5 Å². The van der Waals surface area contributed by atoms with Gasteiger partial charge in [0.1, 0.15) is 0 Å². The number of rotatable bonds is 3. The molecule has 0 amide bonds. The summed E-state index contributed by atoms with van der Waals surface area (Å²) in [5.74, 6) is -0.365. The van der Waals surface area contributed by atoms with Crippen LogP contribution in [0.5, 0.6) is 0 Å². The van der Waals surface area contributed by atoms with Crippen LogP contribution < -0.4 is 0 Å². The van der Waals surface area contributed by atoms with Crippen LogP contribution in [0.2, 0.25) is 0 Å². The van der Waals surface area contributed by atoms with E-state index >= 15 is 0 Å². The Morgan fingerprint density at radius 2 is 2.20 bits per heavy atom. The molecular weight excluding hydrogens is 324 g/mol. The summed E-state index contributed by atoms with van der Waals surface area (Å²) in [6.07, 6.45) is 2.00. The quantitative estimate of drug-likeness (QED) is 0.930. The van der Waals surface area contributed by atoms with Gasteiger partial charge in [-0.1, -0.05) is 28.1 Å². The Morgan fingerprint density at radius 3 is 2.80 bits per heavy atom. The number of aromatic nitrogens is 4. The second kappa shape index (κ2) is 4.66. The highest BCUT2D eigenvalue weighted by molar-refractivity contribution is 9.10. The van der Waals surface area contributed by atoms with Crippen LogP contribution in [0.25, 0.3) is 11.4 Å². The lowest BCUT2D eigenvalue weighted by Crippen LogP contribution is -2.48. The molecule has 1 N–H and O–H groups in total. The van der Waals surface area contributed by atoms with Crippen LogP contribution in [-0.4, -0.2) is 31.3 Å². The summed E-state index contributed by atoms with van der Waals surface area (Å²) in [5, 5.41) is 21.2. The topological polar surface area (TPSA) is 80.9 Å². The molecular formula is C13H13BrN4O2. The van der Waals surface area contributed by atoms with E-state index in [4.69, 9.17) is 0 Å². The third kappa shape index (κ3) is 1.76. The molecule has 104 valence electrons. The Bertz CT molecular complexity index is 679. The number of nitrogens with zero attached hydrogens (tertiary/aromatic N) is 4. The molecule has 0 saturated heterocycles. The van der Waals surface area contributed by atoms with Crippen LogP contribution in [-0.2, 0) is 10.3 Å². The van der Waals surface area contributed by atoms with Gasteiger partial charge in [0.15, 0.2) is 11.4 Å². The van der Waals surface area contributed by atoms with Gasteiger partial charge in [-0.05, 0) is 48.2 Å². The lowest BCUT2D eigenvalue weighted by atomic mass is 9.76. The van der Waals surface area contributed by atoms with E-state index in [0.717, 1.165) is 22.0 Å². The minimum Gasteiger partial charge on any atom is -0.479 e. The van der Waals surface area contributed by atoms with E-state index in [1.165, 1.54) is 4.68 Å². The summed E-state index contributed by atoms with van der Waals surface area (Å²) in [4.78, 5) is 11.6. The number of aliphatic carboxylic acids is 1.